The van der Waals surface area contributed by atoms with E-state index in [1.807, 2.05) is 41.8 Å². The van der Waals surface area contributed by atoms with E-state index in [0.717, 1.165) is 33.7 Å². The van der Waals surface area contributed by atoms with E-state index in [2.05, 4.69) is 16.8 Å². The van der Waals surface area contributed by atoms with E-state index in [9.17, 15) is 13.6 Å². The molecule has 6 rings (SSSR count). The van der Waals surface area contributed by atoms with Crippen LogP contribution in [0.2, 0.25) is 0 Å². The Labute approximate surface area is 200 Å². The monoisotopic (exact) mass is 470 g/mol. The second-order valence-electron chi connectivity index (χ2n) is 8.76. The van der Waals surface area contributed by atoms with Crippen molar-refractivity contribution in [2.75, 3.05) is 7.05 Å². The van der Waals surface area contributed by atoms with Gasteiger partial charge in [-0.05, 0) is 49.4 Å². The molecule has 0 radical (unpaired) electrons. The highest BCUT2D eigenvalue weighted by molar-refractivity contribution is 5.97. The Morgan fingerprint density at radius 1 is 1.09 bits per heavy atom. The minimum absolute atomic E-state index is 0.0161. The first kappa shape index (κ1) is 21.3. The molecule has 6 nitrogen and oxygen atoms in total. The van der Waals surface area contributed by atoms with Gasteiger partial charge in [0.15, 0.2) is 0 Å². The number of nitrogens with zero attached hydrogens (tertiary/aromatic N) is 4. The van der Waals surface area contributed by atoms with Gasteiger partial charge in [0.2, 0.25) is 0 Å². The van der Waals surface area contributed by atoms with Gasteiger partial charge in [-0.15, -0.1) is 0 Å². The number of alkyl halides is 2. The number of fused-ring (bicyclic) bond motifs is 9. The van der Waals surface area contributed by atoms with Crippen LogP contribution >= 0.6 is 0 Å². The van der Waals surface area contributed by atoms with E-state index in [-0.39, 0.29) is 23.7 Å². The fourth-order valence-electron chi connectivity index (χ4n) is 5.04. The van der Waals surface area contributed by atoms with Crippen molar-refractivity contribution in [2.24, 2.45) is 0 Å². The number of halogens is 2. The lowest BCUT2D eigenvalue weighted by Crippen LogP contribution is -2.30. The van der Waals surface area contributed by atoms with E-state index in [1.54, 1.807) is 30.3 Å². The molecule has 1 amide bonds. The van der Waals surface area contributed by atoms with Crippen LogP contribution in [-0.4, -0.2) is 39.0 Å². The van der Waals surface area contributed by atoms with Gasteiger partial charge in [0, 0.05) is 47.6 Å². The van der Waals surface area contributed by atoms with Crippen LogP contribution in [0.25, 0.3) is 11.0 Å². The van der Waals surface area contributed by atoms with Crippen molar-refractivity contribution in [2.45, 2.75) is 32.0 Å². The molecule has 4 heterocycles. The van der Waals surface area contributed by atoms with Crippen LogP contribution in [0.3, 0.4) is 0 Å². The van der Waals surface area contributed by atoms with Crippen molar-refractivity contribution in [3.63, 3.8) is 0 Å². The average Bonchev–Trinajstić information content (AvgIpc) is 3.36. The molecule has 0 saturated carbocycles. The first-order valence-electron chi connectivity index (χ1n) is 11.2. The van der Waals surface area contributed by atoms with Crippen LogP contribution in [0, 0.1) is 18.8 Å². The number of hydrogen-bond acceptors (Lipinski definition) is 4. The molecule has 0 fully saturated rings. The van der Waals surface area contributed by atoms with Gasteiger partial charge >= 0.3 is 6.61 Å². The third-order valence-corrected chi connectivity index (χ3v) is 6.67. The summed E-state index contributed by atoms with van der Waals surface area (Å²) in [6.07, 6.45) is 2.26. The Balaban J connectivity index is 1.51. The number of carbonyl (C=O) groups is 1. The number of aryl methyl sites for hydroxylation is 1. The molecule has 2 aromatic heterocycles. The summed E-state index contributed by atoms with van der Waals surface area (Å²) in [5.74, 6) is 6.82. The third kappa shape index (κ3) is 3.43. The SMILES string of the molecule is Cc1ccc(C#Cc2ccc3nc4n(c3c2)C2CC4N(C)C(=O)c3cccc(OC(F)F)c32)cn1. The van der Waals surface area contributed by atoms with Gasteiger partial charge in [-0.3, -0.25) is 9.78 Å². The summed E-state index contributed by atoms with van der Waals surface area (Å²) in [6.45, 7) is -1.07. The summed E-state index contributed by atoms with van der Waals surface area (Å²) in [4.78, 5) is 23.9. The Bertz CT molecular complexity index is 1550. The molecule has 4 aromatic rings. The van der Waals surface area contributed by atoms with Crippen LogP contribution in [0.4, 0.5) is 8.78 Å². The summed E-state index contributed by atoms with van der Waals surface area (Å²) in [5, 5.41) is 0. The fourth-order valence-corrected chi connectivity index (χ4v) is 5.04. The van der Waals surface area contributed by atoms with Gasteiger partial charge in [-0.2, -0.15) is 8.78 Å². The van der Waals surface area contributed by atoms with Crippen molar-refractivity contribution in [1.29, 1.82) is 0 Å². The predicted octanol–water partition coefficient (Wildman–Crippen LogP) is 4.86. The van der Waals surface area contributed by atoms with Crippen molar-refractivity contribution in [3.8, 4) is 17.6 Å². The average molecular weight is 470 g/mol. The Morgan fingerprint density at radius 2 is 1.89 bits per heavy atom. The minimum Gasteiger partial charge on any atom is -0.434 e. The van der Waals surface area contributed by atoms with Gasteiger partial charge in [-0.25, -0.2) is 4.98 Å². The Hall–Kier alpha value is -4.25. The van der Waals surface area contributed by atoms with Gasteiger partial charge in [0.05, 0.1) is 23.1 Å². The first-order chi connectivity index (χ1) is 16.9. The number of aromatic nitrogens is 3. The molecule has 0 N–H and O–H groups in total. The van der Waals surface area contributed by atoms with E-state index in [0.29, 0.717) is 17.5 Å². The molecule has 35 heavy (non-hydrogen) atoms. The van der Waals surface area contributed by atoms with E-state index >= 15 is 0 Å². The maximum Gasteiger partial charge on any atom is 0.387 e. The van der Waals surface area contributed by atoms with Gasteiger partial charge in [0.25, 0.3) is 5.91 Å². The normalized spacial score (nSPS) is 18.2. The molecule has 2 unspecified atom stereocenters. The third-order valence-electron chi connectivity index (χ3n) is 6.67. The summed E-state index contributed by atoms with van der Waals surface area (Å²) in [6, 6.07) is 13.7. The highest BCUT2D eigenvalue weighted by Crippen LogP contribution is 2.49. The molecular weight excluding hydrogens is 450 g/mol. The largest absolute Gasteiger partial charge is 0.434 e. The van der Waals surface area contributed by atoms with Crippen LogP contribution in [0.15, 0.2) is 54.7 Å². The summed E-state index contributed by atoms with van der Waals surface area (Å²) in [7, 11) is 1.72. The van der Waals surface area contributed by atoms with Crippen LogP contribution in [0.5, 0.6) is 5.75 Å². The number of pyridine rings is 1. The smallest absolute Gasteiger partial charge is 0.387 e. The number of amides is 1. The maximum atomic E-state index is 13.2. The van der Waals surface area contributed by atoms with Crippen LogP contribution in [0.1, 0.15) is 57.1 Å². The maximum absolute atomic E-state index is 13.2. The molecule has 0 aliphatic carbocycles. The van der Waals surface area contributed by atoms with Crippen molar-refractivity contribution in [3.05, 3.63) is 88.5 Å². The van der Waals surface area contributed by atoms with Crippen LogP contribution < -0.4 is 4.74 Å². The van der Waals surface area contributed by atoms with E-state index in [1.165, 1.54) is 6.07 Å². The van der Waals surface area contributed by atoms with Crippen LogP contribution in [-0.2, 0) is 0 Å². The number of rotatable bonds is 2. The standard InChI is InChI=1S/C27H20F2N4O2/c1-15-6-7-17(14-30-15)9-8-16-10-11-19-20(12-16)33-21-13-22(25(33)31-19)32(2)26(34)18-4-3-5-23(24(18)21)35-27(28)29/h3-7,10-12,14,21-22,27H,13H2,1-2H3. The lowest BCUT2D eigenvalue weighted by atomic mass is 9.97. The number of benzene rings is 2. The zero-order chi connectivity index (χ0) is 24.3. The number of imidazole rings is 1. The zero-order valence-electron chi connectivity index (χ0n) is 19.0. The zero-order valence-corrected chi connectivity index (χ0v) is 19.0. The highest BCUT2D eigenvalue weighted by Gasteiger charge is 2.44. The second-order valence-corrected chi connectivity index (χ2v) is 8.76. The van der Waals surface area contributed by atoms with Crippen molar-refractivity contribution in [1.82, 2.24) is 19.4 Å². The first-order valence-corrected chi connectivity index (χ1v) is 11.2. The number of carbonyl (C=O) groups excluding carboxylic acids is 1. The molecular formula is C27H20F2N4O2. The molecule has 2 aromatic carbocycles. The Morgan fingerprint density at radius 3 is 2.66 bits per heavy atom. The van der Waals surface area contributed by atoms with E-state index < -0.39 is 6.61 Å². The minimum atomic E-state index is -2.99. The highest BCUT2D eigenvalue weighted by atomic mass is 19.3. The Kier molecular flexibility index (Phi) is 4.81. The fraction of sp³-hybridized carbons (Fsp3) is 0.222. The lowest BCUT2D eigenvalue weighted by molar-refractivity contribution is -0.0507. The van der Waals surface area contributed by atoms with Gasteiger partial charge < -0.3 is 14.2 Å². The molecule has 174 valence electrons. The molecule has 8 heteroatoms. The molecule has 2 bridgehead atoms. The molecule has 0 spiro atoms. The second kappa shape index (κ2) is 7.91. The lowest BCUT2D eigenvalue weighted by Gasteiger charge is -2.24. The van der Waals surface area contributed by atoms with Crippen molar-refractivity contribution >= 4 is 16.9 Å². The number of ether oxygens (including phenoxy) is 1. The summed E-state index contributed by atoms with van der Waals surface area (Å²) in [5.41, 5.74) is 4.95. The molecule has 0 saturated heterocycles. The van der Waals surface area contributed by atoms with E-state index in [4.69, 9.17) is 9.72 Å². The topological polar surface area (TPSA) is 60.2 Å². The number of hydrogen-bond donors (Lipinski definition) is 0. The summed E-state index contributed by atoms with van der Waals surface area (Å²) < 4.78 is 33.4. The summed E-state index contributed by atoms with van der Waals surface area (Å²) >= 11 is 0. The molecule has 2 aliphatic heterocycles. The quantitative estimate of drug-likeness (QED) is 0.393. The van der Waals surface area contributed by atoms with Gasteiger partial charge in [0.1, 0.15) is 11.6 Å². The predicted molar refractivity (Wildman–Crippen MR) is 125 cm³/mol. The van der Waals surface area contributed by atoms with Crippen molar-refractivity contribution < 1.29 is 18.3 Å². The molecule has 2 atom stereocenters. The van der Waals surface area contributed by atoms with Gasteiger partial charge in [-0.1, -0.05) is 17.9 Å². The molecule has 2 aliphatic rings.